The van der Waals surface area contributed by atoms with Crippen LogP contribution in [0.5, 0.6) is 0 Å². The van der Waals surface area contributed by atoms with E-state index < -0.39 is 5.60 Å². The largest absolute Gasteiger partial charge is 0.373 e. The van der Waals surface area contributed by atoms with E-state index in [-0.39, 0.29) is 5.78 Å². The van der Waals surface area contributed by atoms with Crippen LogP contribution in [0.4, 0.5) is 0 Å². The Morgan fingerprint density at radius 3 is 2.25 bits per heavy atom. The summed E-state index contributed by atoms with van der Waals surface area (Å²) < 4.78 is 0. The van der Waals surface area contributed by atoms with E-state index >= 15 is 0 Å². The smallest absolute Gasteiger partial charge is 0.204 e. The minimum atomic E-state index is -1.43. The summed E-state index contributed by atoms with van der Waals surface area (Å²) in [6, 6.07) is 16.2. The molecule has 0 saturated carbocycles. The maximum absolute atomic E-state index is 11.9. The molecule has 0 bridgehead atoms. The van der Waals surface area contributed by atoms with Gasteiger partial charge in [0.05, 0.1) is 0 Å². The number of hydrogen-bond acceptors (Lipinski definition) is 2. The van der Waals surface area contributed by atoms with Crippen molar-refractivity contribution in [3.63, 3.8) is 0 Å². The van der Waals surface area contributed by atoms with Gasteiger partial charge in [0.1, 0.15) is 0 Å². The molecular formula is C14H10O2. The number of benzene rings is 2. The van der Waals surface area contributed by atoms with Crippen molar-refractivity contribution in [3.8, 4) is 0 Å². The van der Waals surface area contributed by atoms with Crippen LogP contribution in [0.1, 0.15) is 21.5 Å². The molecule has 0 saturated heterocycles. The second kappa shape index (κ2) is 3.03. The second-order valence-electron chi connectivity index (χ2n) is 3.95. The zero-order valence-corrected chi connectivity index (χ0v) is 8.55. The normalized spacial score (nSPS) is 22.4. The highest BCUT2D eigenvalue weighted by Gasteiger charge is 2.50. The third-order valence-corrected chi connectivity index (χ3v) is 3.08. The predicted molar refractivity (Wildman–Crippen MR) is 60.2 cm³/mol. The van der Waals surface area contributed by atoms with E-state index in [1.807, 2.05) is 24.3 Å². The molecule has 2 heteroatoms. The van der Waals surface area contributed by atoms with E-state index in [2.05, 4.69) is 0 Å². The van der Waals surface area contributed by atoms with Crippen LogP contribution in [0.15, 0.2) is 54.6 Å². The van der Waals surface area contributed by atoms with Crippen LogP contribution in [-0.2, 0) is 5.60 Å². The Kier molecular flexibility index (Phi) is 1.76. The van der Waals surface area contributed by atoms with Crippen molar-refractivity contribution >= 4 is 5.78 Å². The lowest BCUT2D eigenvalue weighted by atomic mass is 9.68. The molecule has 3 rings (SSSR count). The molecule has 16 heavy (non-hydrogen) atoms. The summed E-state index contributed by atoms with van der Waals surface area (Å²) in [7, 11) is 0. The zero-order chi connectivity index (χ0) is 11.2. The highest BCUT2D eigenvalue weighted by molar-refractivity contribution is 6.14. The minimum absolute atomic E-state index is 0.214. The fraction of sp³-hybridized carbons (Fsp3) is 0.0714. The molecule has 1 atom stereocenters. The molecule has 0 amide bonds. The number of aliphatic hydroxyl groups is 1. The van der Waals surface area contributed by atoms with E-state index in [1.165, 1.54) is 0 Å². The van der Waals surface area contributed by atoms with Gasteiger partial charge in [0.2, 0.25) is 5.78 Å². The van der Waals surface area contributed by atoms with Crippen LogP contribution < -0.4 is 0 Å². The molecule has 0 fully saturated rings. The molecule has 1 unspecified atom stereocenters. The Morgan fingerprint density at radius 1 is 0.875 bits per heavy atom. The van der Waals surface area contributed by atoms with E-state index in [1.54, 1.807) is 30.3 Å². The van der Waals surface area contributed by atoms with E-state index in [4.69, 9.17) is 0 Å². The van der Waals surface area contributed by atoms with Crippen LogP contribution >= 0.6 is 0 Å². The standard InChI is InChI=1S/C14H10O2/c15-13-11-8-4-5-9-12(11)14(13,16)10-6-2-1-3-7-10/h1-9,16H. The quantitative estimate of drug-likeness (QED) is 0.782. The van der Waals surface area contributed by atoms with E-state index in [9.17, 15) is 9.90 Å². The Bertz CT molecular complexity index is 560. The van der Waals surface area contributed by atoms with Crippen LogP contribution in [0.3, 0.4) is 0 Å². The fourth-order valence-corrected chi connectivity index (χ4v) is 2.22. The topological polar surface area (TPSA) is 37.3 Å². The van der Waals surface area contributed by atoms with Gasteiger partial charge in [-0.15, -0.1) is 0 Å². The Morgan fingerprint density at radius 2 is 1.50 bits per heavy atom. The summed E-state index contributed by atoms with van der Waals surface area (Å²) >= 11 is 0. The van der Waals surface area contributed by atoms with Crippen LogP contribution in [0.2, 0.25) is 0 Å². The lowest BCUT2D eigenvalue weighted by Crippen LogP contribution is -2.47. The highest BCUT2D eigenvalue weighted by Crippen LogP contribution is 2.43. The van der Waals surface area contributed by atoms with Crippen molar-refractivity contribution in [2.75, 3.05) is 0 Å². The average molecular weight is 210 g/mol. The Labute approximate surface area is 93.2 Å². The van der Waals surface area contributed by atoms with Crippen molar-refractivity contribution in [1.29, 1.82) is 0 Å². The summed E-state index contributed by atoms with van der Waals surface area (Å²) in [5, 5.41) is 10.5. The maximum atomic E-state index is 11.9. The number of carbonyl (C=O) groups is 1. The van der Waals surface area contributed by atoms with Gasteiger partial charge in [-0.3, -0.25) is 4.79 Å². The molecule has 0 aromatic heterocycles. The molecule has 1 aliphatic carbocycles. The molecule has 0 aliphatic heterocycles. The number of carbonyl (C=O) groups excluding carboxylic acids is 1. The molecule has 2 aromatic carbocycles. The van der Waals surface area contributed by atoms with Gasteiger partial charge in [-0.25, -0.2) is 0 Å². The third kappa shape index (κ3) is 0.969. The van der Waals surface area contributed by atoms with Gasteiger partial charge in [-0.2, -0.15) is 0 Å². The van der Waals surface area contributed by atoms with Gasteiger partial charge in [-0.05, 0) is 5.56 Å². The monoisotopic (exact) mass is 210 g/mol. The van der Waals surface area contributed by atoms with Crippen LogP contribution in [-0.4, -0.2) is 10.9 Å². The number of hydrogen-bond donors (Lipinski definition) is 1. The van der Waals surface area contributed by atoms with Crippen LogP contribution in [0.25, 0.3) is 0 Å². The van der Waals surface area contributed by atoms with Gasteiger partial charge in [0, 0.05) is 11.1 Å². The molecular weight excluding hydrogens is 200 g/mol. The molecule has 1 aliphatic rings. The number of fused-ring (bicyclic) bond motifs is 1. The van der Waals surface area contributed by atoms with Gasteiger partial charge in [0.25, 0.3) is 0 Å². The molecule has 2 nitrogen and oxygen atoms in total. The Hall–Kier alpha value is -1.93. The molecule has 0 radical (unpaired) electrons. The van der Waals surface area contributed by atoms with Crippen LogP contribution in [0, 0.1) is 0 Å². The lowest BCUT2D eigenvalue weighted by Gasteiger charge is -2.37. The number of rotatable bonds is 1. The van der Waals surface area contributed by atoms with E-state index in [0.29, 0.717) is 16.7 Å². The van der Waals surface area contributed by atoms with Crippen molar-refractivity contribution in [2.45, 2.75) is 5.60 Å². The summed E-state index contributed by atoms with van der Waals surface area (Å²) in [5.74, 6) is -0.214. The maximum Gasteiger partial charge on any atom is 0.204 e. The fourth-order valence-electron chi connectivity index (χ4n) is 2.22. The molecule has 78 valence electrons. The number of ketones is 1. The highest BCUT2D eigenvalue weighted by atomic mass is 16.3. The van der Waals surface area contributed by atoms with Crippen molar-refractivity contribution in [3.05, 3.63) is 71.3 Å². The van der Waals surface area contributed by atoms with Gasteiger partial charge in [0.15, 0.2) is 5.60 Å². The summed E-state index contributed by atoms with van der Waals surface area (Å²) in [4.78, 5) is 11.9. The van der Waals surface area contributed by atoms with Crippen molar-refractivity contribution in [2.24, 2.45) is 0 Å². The lowest BCUT2D eigenvalue weighted by molar-refractivity contribution is 0.0378. The first-order valence-electron chi connectivity index (χ1n) is 5.17. The second-order valence-corrected chi connectivity index (χ2v) is 3.95. The molecule has 0 heterocycles. The first-order valence-corrected chi connectivity index (χ1v) is 5.17. The summed E-state index contributed by atoms with van der Waals surface area (Å²) in [6.07, 6.45) is 0. The van der Waals surface area contributed by atoms with Crippen molar-refractivity contribution in [1.82, 2.24) is 0 Å². The Balaban J connectivity index is 2.20. The molecule has 0 spiro atoms. The predicted octanol–water partition coefficient (Wildman–Crippen LogP) is 2.12. The summed E-state index contributed by atoms with van der Waals surface area (Å²) in [6.45, 7) is 0. The first-order chi connectivity index (χ1) is 7.74. The molecule has 2 aromatic rings. The van der Waals surface area contributed by atoms with Gasteiger partial charge < -0.3 is 5.11 Å². The number of Topliss-reactive ketones (excluding diaryl/α,β-unsaturated/α-hetero) is 1. The first kappa shape index (κ1) is 9.31. The minimum Gasteiger partial charge on any atom is -0.373 e. The summed E-state index contributed by atoms with van der Waals surface area (Å²) in [5.41, 5.74) is 0.524. The zero-order valence-electron chi connectivity index (χ0n) is 8.55. The van der Waals surface area contributed by atoms with E-state index in [0.717, 1.165) is 0 Å². The van der Waals surface area contributed by atoms with Gasteiger partial charge >= 0.3 is 0 Å². The third-order valence-electron chi connectivity index (χ3n) is 3.08. The SMILES string of the molecule is O=C1c2ccccc2C1(O)c1ccccc1. The van der Waals surface area contributed by atoms with Crippen molar-refractivity contribution < 1.29 is 9.90 Å². The molecule has 1 N–H and O–H groups in total. The van der Waals surface area contributed by atoms with Gasteiger partial charge in [-0.1, -0.05) is 54.6 Å². The average Bonchev–Trinajstić information content (AvgIpc) is 2.38.